The summed E-state index contributed by atoms with van der Waals surface area (Å²) in [5, 5.41) is 5.67. The highest BCUT2D eigenvalue weighted by Gasteiger charge is 2.31. The Morgan fingerprint density at radius 3 is 2.92 bits per heavy atom. The Morgan fingerprint density at radius 2 is 2.21 bits per heavy atom. The van der Waals surface area contributed by atoms with Crippen LogP contribution >= 0.6 is 11.3 Å². The van der Waals surface area contributed by atoms with Crippen molar-refractivity contribution in [2.24, 2.45) is 0 Å². The van der Waals surface area contributed by atoms with Crippen LogP contribution in [0.25, 0.3) is 0 Å². The third-order valence-corrected chi connectivity index (χ3v) is 5.00. The number of ketones is 1. The molecule has 24 heavy (non-hydrogen) atoms. The van der Waals surface area contributed by atoms with Crippen LogP contribution in [0, 0.1) is 13.8 Å². The Hall–Kier alpha value is -2.21. The lowest BCUT2D eigenvalue weighted by Crippen LogP contribution is -2.28. The number of ether oxygens (including phenoxy) is 1. The standard InChI is InChI=1S/C18H20N2O3S/c1-10-4-5-15(18-14(21)6-11(2)17(10)18)23-8-16(22)19-7-13-9-24-12(3)20-13/h4-5,9,11H,6-8H2,1-3H3,(H,19,22). The number of fused-ring (bicyclic) bond motifs is 1. The highest BCUT2D eigenvalue weighted by Crippen LogP contribution is 2.40. The van der Waals surface area contributed by atoms with Gasteiger partial charge in [0.25, 0.3) is 5.91 Å². The molecule has 1 atom stereocenters. The number of nitrogens with zero attached hydrogens (tertiary/aromatic N) is 1. The van der Waals surface area contributed by atoms with Gasteiger partial charge < -0.3 is 10.1 Å². The molecular formula is C18H20N2O3S. The Labute approximate surface area is 145 Å². The van der Waals surface area contributed by atoms with E-state index in [4.69, 9.17) is 4.74 Å². The van der Waals surface area contributed by atoms with Crippen molar-refractivity contribution in [1.82, 2.24) is 10.3 Å². The number of hydrogen-bond acceptors (Lipinski definition) is 5. The molecule has 1 unspecified atom stereocenters. The first-order valence-electron chi connectivity index (χ1n) is 7.93. The van der Waals surface area contributed by atoms with Crippen molar-refractivity contribution in [3.8, 4) is 5.75 Å². The molecule has 0 fully saturated rings. The van der Waals surface area contributed by atoms with E-state index in [-0.39, 0.29) is 24.2 Å². The van der Waals surface area contributed by atoms with Crippen molar-refractivity contribution >= 4 is 23.0 Å². The van der Waals surface area contributed by atoms with E-state index in [9.17, 15) is 9.59 Å². The number of hydrogen-bond donors (Lipinski definition) is 1. The molecule has 1 aromatic carbocycles. The van der Waals surface area contributed by atoms with Gasteiger partial charge in [-0.3, -0.25) is 9.59 Å². The number of thiazole rings is 1. The topological polar surface area (TPSA) is 68.3 Å². The van der Waals surface area contributed by atoms with Crippen LogP contribution < -0.4 is 10.1 Å². The molecule has 0 bridgehead atoms. The van der Waals surface area contributed by atoms with Crippen LogP contribution in [0.3, 0.4) is 0 Å². The van der Waals surface area contributed by atoms with E-state index < -0.39 is 0 Å². The van der Waals surface area contributed by atoms with E-state index in [2.05, 4.69) is 10.3 Å². The number of nitrogens with one attached hydrogen (secondary N) is 1. The molecule has 0 spiro atoms. The number of amides is 1. The first-order valence-corrected chi connectivity index (χ1v) is 8.81. The van der Waals surface area contributed by atoms with Crippen LogP contribution in [0.2, 0.25) is 0 Å². The first-order chi connectivity index (χ1) is 11.5. The zero-order valence-electron chi connectivity index (χ0n) is 14.0. The lowest BCUT2D eigenvalue weighted by molar-refractivity contribution is -0.123. The highest BCUT2D eigenvalue weighted by atomic mass is 32.1. The normalized spacial score (nSPS) is 16.1. The predicted octanol–water partition coefficient (Wildman–Crippen LogP) is 3.15. The van der Waals surface area contributed by atoms with Crippen LogP contribution in [0.15, 0.2) is 17.5 Å². The van der Waals surface area contributed by atoms with E-state index in [0.29, 0.717) is 24.3 Å². The summed E-state index contributed by atoms with van der Waals surface area (Å²) in [4.78, 5) is 28.5. The zero-order valence-corrected chi connectivity index (χ0v) is 14.8. The van der Waals surface area contributed by atoms with Gasteiger partial charge in [-0.15, -0.1) is 11.3 Å². The highest BCUT2D eigenvalue weighted by molar-refractivity contribution is 7.09. The second kappa shape index (κ2) is 6.73. The number of aromatic nitrogens is 1. The van der Waals surface area contributed by atoms with Gasteiger partial charge >= 0.3 is 0 Å². The number of carbonyl (C=O) groups excluding carboxylic acids is 2. The molecule has 0 radical (unpaired) electrons. The lowest BCUT2D eigenvalue weighted by atomic mass is 9.97. The van der Waals surface area contributed by atoms with Gasteiger partial charge in [-0.25, -0.2) is 4.98 Å². The lowest BCUT2D eigenvalue weighted by Gasteiger charge is -2.13. The average Bonchev–Trinajstić information content (AvgIpc) is 3.09. The predicted molar refractivity (Wildman–Crippen MR) is 92.7 cm³/mol. The molecule has 0 saturated heterocycles. The van der Waals surface area contributed by atoms with Gasteiger partial charge in [0.1, 0.15) is 5.75 Å². The second-order valence-corrected chi connectivity index (χ2v) is 7.18. The summed E-state index contributed by atoms with van der Waals surface area (Å²) in [7, 11) is 0. The minimum atomic E-state index is -0.228. The summed E-state index contributed by atoms with van der Waals surface area (Å²) in [6.45, 7) is 6.24. The minimum absolute atomic E-state index is 0.0922. The molecular weight excluding hydrogens is 324 g/mol. The zero-order chi connectivity index (χ0) is 17.3. The van der Waals surface area contributed by atoms with Gasteiger partial charge in [0.2, 0.25) is 0 Å². The summed E-state index contributed by atoms with van der Waals surface area (Å²) in [6.07, 6.45) is 0.506. The molecule has 1 amide bonds. The van der Waals surface area contributed by atoms with Gasteiger partial charge in [0, 0.05) is 11.8 Å². The Balaban J connectivity index is 1.63. The van der Waals surface area contributed by atoms with Gasteiger partial charge in [0.05, 0.1) is 22.8 Å². The molecule has 1 heterocycles. The Kier molecular flexibility index (Phi) is 4.66. The summed E-state index contributed by atoms with van der Waals surface area (Å²) in [5.41, 5.74) is 3.63. The van der Waals surface area contributed by atoms with Crippen LogP contribution in [0.4, 0.5) is 0 Å². The van der Waals surface area contributed by atoms with Crippen molar-refractivity contribution in [2.75, 3.05) is 6.61 Å². The van der Waals surface area contributed by atoms with Crippen molar-refractivity contribution in [3.63, 3.8) is 0 Å². The molecule has 1 aliphatic carbocycles. The maximum atomic E-state index is 12.2. The van der Waals surface area contributed by atoms with E-state index in [1.54, 1.807) is 17.4 Å². The van der Waals surface area contributed by atoms with Crippen molar-refractivity contribution in [1.29, 1.82) is 0 Å². The molecule has 126 valence electrons. The Bertz CT molecular complexity index is 798. The summed E-state index contributed by atoms with van der Waals surface area (Å²) >= 11 is 1.55. The van der Waals surface area contributed by atoms with E-state index in [1.165, 1.54) is 0 Å². The quantitative estimate of drug-likeness (QED) is 0.905. The maximum Gasteiger partial charge on any atom is 0.258 e. The maximum absolute atomic E-state index is 12.2. The molecule has 5 nitrogen and oxygen atoms in total. The molecule has 1 N–H and O–H groups in total. The number of carbonyl (C=O) groups is 2. The Morgan fingerprint density at radius 1 is 1.42 bits per heavy atom. The monoisotopic (exact) mass is 344 g/mol. The second-order valence-electron chi connectivity index (χ2n) is 6.12. The van der Waals surface area contributed by atoms with Crippen molar-refractivity contribution in [3.05, 3.63) is 44.9 Å². The number of benzene rings is 1. The molecule has 1 aliphatic rings. The summed E-state index contributed by atoms with van der Waals surface area (Å²) in [6, 6.07) is 3.72. The first kappa shape index (κ1) is 16.6. The van der Waals surface area contributed by atoms with Crippen molar-refractivity contribution in [2.45, 2.75) is 39.7 Å². The summed E-state index contributed by atoms with van der Waals surface area (Å²) < 4.78 is 5.63. The number of rotatable bonds is 5. The SMILES string of the molecule is Cc1nc(CNC(=O)COc2ccc(C)c3c2C(=O)CC3C)cs1. The average molecular weight is 344 g/mol. The van der Waals surface area contributed by atoms with Gasteiger partial charge in [-0.1, -0.05) is 13.0 Å². The van der Waals surface area contributed by atoms with Crippen LogP contribution in [0.1, 0.15) is 51.4 Å². The van der Waals surface area contributed by atoms with E-state index in [1.807, 2.05) is 32.2 Å². The van der Waals surface area contributed by atoms with E-state index in [0.717, 1.165) is 21.8 Å². The van der Waals surface area contributed by atoms with Crippen LogP contribution in [-0.4, -0.2) is 23.3 Å². The third kappa shape index (κ3) is 3.33. The smallest absolute Gasteiger partial charge is 0.258 e. The van der Waals surface area contributed by atoms with Crippen molar-refractivity contribution < 1.29 is 14.3 Å². The number of Topliss-reactive ketones (excluding diaryl/α,β-unsaturated/α-hetero) is 1. The fourth-order valence-corrected chi connectivity index (χ4v) is 3.71. The fraction of sp³-hybridized carbons (Fsp3) is 0.389. The number of aryl methyl sites for hydroxylation is 2. The van der Waals surface area contributed by atoms with Crippen LogP contribution in [0.5, 0.6) is 5.75 Å². The summed E-state index contributed by atoms with van der Waals surface area (Å²) in [5.74, 6) is 0.574. The molecule has 0 aliphatic heterocycles. The third-order valence-electron chi connectivity index (χ3n) is 4.18. The molecule has 0 saturated carbocycles. The van der Waals surface area contributed by atoms with E-state index >= 15 is 0 Å². The van der Waals surface area contributed by atoms with Gasteiger partial charge in [-0.2, -0.15) is 0 Å². The van der Waals surface area contributed by atoms with Gasteiger partial charge in [-0.05, 0) is 37.0 Å². The minimum Gasteiger partial charge on any atom is -0.483 e. The van der Waals surface area contributed by atoms with Gasteiger partial charge in [0.15, 0.2) is 12.4 Å². The molecule has 1 aromatic heterocycles. The fourth-order valence-electron chi connectivity index (χ4n) is 3.10. The van der Waals surface area contributed by atoms with Crippen LogP contribution in [-0.2, 0) is 11.3 Å². The largest absolute Gasteiger partial charge is 0.483 e. The molecule has 3 rings (SSSR count). The molecule has 2 aromatic rings. The molecule has 6 heteroatoms.